The van der Waals surface area contributed by atoms with Crippen molar-refractivity contribution in [1.82, 2.24) is 19.9 Å². The highest BCUT2D eigenvalue weighted by Crippen LogP contribution is 2.37. The Balaban J connectivity index is 1.63. The van der Waals surface area contributed by atoms with E-state index in [1.165, 1.54) is 6.07 Å². The van der Waals surface area contributed by atoms with E-state index in [1.54, 1.807) is 42.6 Å². The lowest BCUT2D eigenvalue weighted by molar-refractivity contribution is -0.0507. The monoisotopic (exact) mass is 466 g/mol. The maximum Gasteiger partial charge on any atom is 0.387 e. The number of nitrogens with zero attached hydrogens (tertiary/aromatic N) is 3. The van der Waals surface area contributed by atoms with Crippen LogP contribution in [0.3, 0.4) is 0 Å². The second-order valence-corrected chi connectivity index (χ2v) is 8.78. The van der Waals surface area contributed by atoms with Gasteiger partial charge in [0.15, 0.2) is 5.65 Å². The van der Waals surface area contributed by atoms with Gasteiger partial charge in [-0.3, -0.25) is 0 Å². The summed E-state index contributed by atoms with van der Waals surface area (Å²) in [4.78, 5) is 4.57. The number of para-hydroxylation sites is 1. The number of imidazole rings is 1. The first kappa shape index (κ1) is 22.4. The van der Waals surface area contributed by atoms with E-state index in [4.69, 9.17) is 9.84 Å². The van der Waals surface area contributed by atoms with Gasteiger partial charge in [0.05, 0.1) is 28.7 Å². The Hall–Kier alpha value is -3.40. The molecule has 2 aromatic carbocycles. The van der Waals surface area contributed by atoms with Crippen LogP contribution in [0.25, 0.3) is 16.9 Å². The summed E-state index contributed by atoms with van der Waals surface area (Å²) in [5, 5.41) is 28.8. The normalized spacial score (nSPS) is 18.3. The Morgan fingerprint density at radius 3 is 2.53 bits per heavy atom. The molecule has 2 aromatic heterocycles. The SMILES string of the molecule is CC(C)(O)c1ccc(-c2ccc3nc4c(n3n2)[C@H](c2ccccc2OC(F)F)NC[C@H]4O)cc1. The van der Waals surface area contributed by atoms with Crippen LogP contribution in [-0.4, -0.2) is 38.0 Å². The summed E-state index contributed by atoms with van der Waals surface area (Å²) in [6, 6.07) is 17.1. The predicted molar refractivity (Wildman–Crippen MR) is 122 cm³/mol. The molecule has 7 nitrogen and oxygen atoms in total. The second kappa shape index (κ2) is 8.43. The number of halogens is 2. The van der Waals surface area contributed by atoms with Gasteiger partial charge in [0.1, 0.15) is 11.9 Å². The number of ether oxygens (including phenoxy) is 1. The zero-order chi connectivity index (χ0) is 24.0. The average Bonchev–Trinajstić information content (AvgIpc) is 3.19. The third kappa shape index (κ3) is 4.02. The number of β-amino-alcohol motifs (C(OH)–C–C–N with tert-alkyl or cyclic N) is 1. The molecule has 0 radical (unpaired) electrons. The van der Waals surface area contributed by atoms with Crippen molar-refractivity contribution in [2.75, 3.05) is 6.54 Å². The lowest BCUT2D eigenvalue weighted by atomic mass is 9.96. The number of rotatable bonds is 5. The first-order valence-electron chi connectivity index (χ1n) is 10.9. The van der Waals surface area contributed by atoms with Crippen LogP contribution in [0.1, 0.15) is 48.5 Å². The zero-order valence-electron chi connectivity index (χ0n) is 18.6. The van der Waals surface area contributed by atoms with Crippen LogP contribution >= 0.6 is 0 Å². The van der Waals surface area contributed by atoms with Crippen LogP contribution in [-0.2, 0) is 5.60 Å². The van der Waals surface area contributed by atoms with E-state index >= 15 is 0 Å². The minimum absolute atomic E-state index is 0.0469. The van der Waals surface area contributed by atoms with Gasteiger partial charge in [-0.15, -0.1) is 0 Å². The van der Waals surface area contributed by atoms with Crippen molar-refractivity contribution in [3.63, 3.8) is 0 Å². The third-order valence-corrected chi connectivity index (χ3v) is 5.98. The highest BCUT2D eigenvalue weighted by atomic mass is 19.3. The fourth-order valence-corrected chi connectivity index (χ4v) is 4.29. The molecular formula is C25H24F2N4O3. The average molecular weight is 466 g/mol. The van der Waals surface area contributed by atoms with Crippen molar-refractivity contribution in [2.24, 2.45) is 0 Å². The lowest BCUT2D eigenvalue weighted by Crippen LogP contribution is -2.35. The molecule has 1 aliphatic heterocycles. The van der Waals surface area contributed by atoms with E-state index in [0.29, 0.717) is 28.3 Å². The molecule has 9 heteroatoms. The Morgan fingerprint density at radius 2 is 1.82 bits per heavy atom. The van der Waals surface area contributed by atoms with E-state index in [9.17, 15) is 19.0 Å². The van der Waals surface area contributed by atoms with Crippen molar-refractivity contribution in [2.45, 2.75) is 38.2 Å². The third-order valence-electron chi connectivity index (χ3n) is 5.98. The fraction of sp³-hybridized carbons (Fsp3) is 0.280. The Kier molecular flexibility index (Phi) is 5.55. The van der Waals surface area contributed by atoms with E-state index in [2.05, 4.69) is 10.3 Å². The first-order chi connectivity index (χ1) is 16.2. The maximum absolute atomic E-state index is 13.0. The lowest BCUT2D eigenvalue weighted by Gasteiger charge is -2.28. The highest BCUT2D eigenvalue weighted by Gasteiger charge is 2.34. The van der Waals surface area contributed by atoms with Crippen LogP contribution in [0.4, 0.5) is 8.78 Å². The molecule has 176 valence electrons. The maximum atomic E-state index is 13.0. The van der Waals surface area contributed by atoms with Gasteiger partial charge >= 0.3 is 6.61 Å². The number of fused-ring (bicyclic) bond motifs is 3. The molecule has 0 bridgehead atoms. The van der Waals surface area contributed by atoms with Crippen LogP contribution in [0, 0.1) is 0 Å². The Morgan fingerprint density at radius 1 is 1.09 bits per heavy atom. The molecule has 5 rings (SSSR count). The van der Waals surface area contributed by atoms with Gasteiger partial charge in [-0.05, 0) is 37.6 Å². The summed E-state index contributed by atoms with van der Waals surface area (Å²) in [5.41, 5.74) is 3.35. The van der Waals surface area contributed by atoms with Crippen molar-refractivity contribution >= 4 is 5.65 Å². The van der Waals surface area contributed by atoms with Gasteiger partial charge < -0.3 is 20.3 Å². The molecule has 0 saturated carbocycles. The number of benzene rings is 2. The summed E-state index contributed by atoms with van der Waals surface area (Å²) < 4.78 is 32.5. The minimum Gasteiger partial charge on any atom is -0.434 e. The molecule has 0 saturated heterocycles. The van der Waals surface area contributed by atoms with Crippen molar-refractivity contribution in [3.05, 3.63) is 83.2 Å². The molecule has 0 aliphatic carbocycles. The van der Waals surface area contributed by atoms with Crippen molar-refractivity contribution in [3.8, 4) is 17.0 Å². The number of aliphatic hydroxyl groups excluding tert-OH is 1. The molecule has 3 heterocycles. The number of aromatic nitrogens is 3. The van der Waals surface area contributed by atoms with Crippen LogP contribution < -0.4 is 10.1 Å². The number of aliphatic hydroxyl groups is 2. The summed E-state index contributed by atoms with van der Waals surface area (Å²) in [6.45, 7) is 0.681. The van der Waals surface area contributed by atoms with Gasteiger partial charge in [-0.2, -0.15) is 13.9 Å². The second-order valence-electron chi connectivity index (χ2n) is 8.78. The molecule has 1 aliphatic rings. The van der Waals surface area contributed by atoms with E-state index in [1.807, 2.05) is 30.3 Å². The van der Waals surface area contributed by atoms with Gasteiger partial charge in [0.25, 0.3) is 0 Å². The summed E-state index contributed by atoms with van der Waals surface area (Å²) in [6.07, 6.45) is -0.870. The van der Waals surface area contributed by atoms with Crippen LogP contribution in [0.2, 0.25) is 0 Å². The topological polar surface area (TPSA) is 91.9 Å². The molecule has 0 amide bonds. The van der Waals surface area contributed by atoms with Crippen LogP contribution in [0.15, 0.2) is 60.7 Å². The van der Waals surface area contributed by atoms with Gasteiger partial charge in [0, 0.05) is 17.7 Å². The molecule has 0 fully saturated rings. The highest BCUT2D eigenvalue weighted by molar-refractivity contribution is 5.62. The molecule has 0 unspecified atom stereocenters. The molecular weight excluding hydrogens is 442 g/mol. The van der Waals surface area contributed by atoms with Crippen molar-refractivity contribution < 1.29 is 23.7 Å². The van der Waals surface area contributed by atoms with E-state index in [0.717, 1.165) is 11.1 Å². The van der Waals surface area contributed by atoms with Gasteiger partial charge in [0.2, 0.25) is 0 Å². The Bertz CT molecular complexity index is 1330. The minimum atomic E-state index is -2.96. The van der Waals surface area contributed by atoms with E-state index in [-0.39, 0.29) is 12.3 Å². The van der Waals surface area contributed by atoms with Crippen molar-refractivity contribution in [1.29, 1.82) is 0 Å². The molecule has 3 N–H and O–H groups in total. The molecule has 34 heavy (non-hydrogen) atoms. The standard InChI is InChI=1S/C25H24F2N4O3/c1-25(2,33)15-9-7-14(8-10-15)17-11-12-20-29-22-18(32)13-28-21(23(22)31(20)30-17)16-5-3-4-6-19(16)34-24(26)27/h3-12,18,21,24,28,32-33H,13H2,1-2H3/t18-,21+/m1/s1. The largest absolute Gasteiger partial charge is 0.434 e. The Labute approximate surface area is 194 Å². The summed E-state index contributed by atoms with van der Waals surface area (Å²) >= 11 is 0. The zero-order valence-corrected chi connectivity index (χ0v) is 18.6. The predicted octanol–water partition coefficient (Wildman–Crippen LogP) is 3.95. The van der Waals surface area contributed by atoms with E-state index < -0.39 is 24.4 Å². The number of nitrogens with one attached hydrogen (secondary N) is 1. The number of hydrogen-bond acceptors (Lipinski definition) is 6. The summed E-state index contributed by atoms with van der Waals surface area (Å²) in [5.74, 6) is 0.0469. The van der Waals surface area contributed by atoms with Gasteiger partial charge in [-0.1, -0.05) is 42.5 Å². The first-order valence-corrected chi connectivity index (χ1v) is 10.9. The summed E-state index contributed by atoms with van der Waals surface area (Å²) in [7, 11) is 0. The number of alkyl halides is 2. The molecule has 4 aromatic rings. The van der Waals surface area contributed by atoms with Crippen LogP contribution in [0.5, 0.6) is 5.75 Å². The molecule has 0 spiro atoms. The smallest absolute Gasteiger partial charge is 0.387 e. The number of hydrogen-bond donors (Lipinski definition) is 3. The van der Waals surface area contributed by atoms with Gasteiger partial charge in [-0.25, -0.2) is 9.50 Å². The quantitative estimate of drug-likeness (QED) is 0.413. The fourth-order valence-electron chi connectivity index (χ4n) is 4.29. The molecule has 2 atom stereocenters.